The largest absolute Gasteiger partial charge is 3.00 e. The van der Waals surface area contributed by atoms with Crippen LogP contribution in [0, 0.1) is 6.36 Å². The van der Waals surface area contributed by atoms with Gasteiger partial charge in [-0.25, -0.2) is 0 Å². The van der Waals surface area contributed by atoms with Crippen molar-refractivity contribution in [2.24, 2.45) is 0 Å². The predicted octanol–water partition coefficient (Wildman–Crippen LogP) is 1.11. The summed E-state index contributed by atoms with van der Waals surface area (Å²) in [6.45, 7) is 1.25. The zero-order chi connectivity index (χ0) is 4.28. The van der Waals surface area contributed by atoms with Gasteiger partial charge in [0.05, 0.1) is 0 Å². The van der Waals surface area contributed by atoms with Crippen LogP contribution in [0.15, 0.2) is 0 Å². The van der Waals surface area contributed by atoms with Crippen molar-refractivity contribution < 1.29 is 41.8 Å². The Hall–Kier alpha value is 0.994. The number of methoxy groups -OCH3 is 1. The van der Waals surface area contributed by atoms with Crippen LogP contribution >= 0.6 is 0 Å². The standard InChI is InChI=1S/C3H6FO.Y/c1-3(4)5-2;/h1-2H3;/q-1;+3. The molecule has 0 saturated carbocycles. The second kappa shape index (κ2) is 5.99. The van der Waals surface area contributed by atoms with Gasteiger partial charge in [0.25, 0.3) is 0 Å². The van der Waals surface area contributed by atoms with Gasteiger partial charge in [0, 0.05) is 7.11 Å². The maximum Gasteiger partial charge on any atom is 3.00 e. The van der Waals surface area contributed by atoms with E-state index in [1.807, 2.05) is 0 Å². The van der Waals surface area contributed by atoms with Crippen molar-refractivity contribution in [2.45, 2.75) is 6.92 Å². The molecule has 0 aliphatic carbocycles. The summed E-state index contributed by atoms with van der Waals surface area (Å²) < 4.78 is 15.1. The molecule has 0 bridgehead atoms. The Morgan fingerprint density at radius 3 is 1.83 bits per heavy atom. The molecule has 0 atom stereocenters. The third-order valence-corrected chi connectivity index (χ3v) is 0.281. The van der Waals surface area contributed by atoms with E-state index in [1.165, 1.54) is 14.0 Å². The van der Waals surface area contributed by atoms with Gasteiger partial charge < -0.3 is 9.13 Å². The quantitative estimate of drug-likeness (QED) is 0.530. The Kier molecular flexibility index (Phi) is 10.1. The summed E-state index contributed by atoms with van der Waals surface area (Å²) in [4.78, 5) is 0. The average Bonchev–Trinajstić information content (AvgIpc) is 1.38. The summed E-state index contributed by atoms with van der Waals surface area (Å²) in [7, 11) is 1.29. The molecule has 0 saturated heterocycles. The van der Waals surface area contributed by atoms with E-state index in [2.05, 4.69) is 4.74 Å². The summed E-state index contributed by atoms with van der Waals surface area (Å²) in [5.74, 6) is 0. The van der Waals surface area contributed by atoms with E-state index < -0.39 is 6.36 Å². The molecule has 0 radical (unpaired) electrons. The zero-order valence-corrected chi connectivity index (χ0v) is 6.70. The van der Waals surface area contributed by atoms with E-state index in [-0.39, 0.29) is 32.7 Å². The van der Waals surface area contributed by atoms with Gasteiger partial charge >= 0.3 is 32.7 Å². The van der Waals surface area contributed by atoms with Crippen LogP contribution in [0.1, 0.15) is 6.92 Å². The van der Waals surface area contributed by atoms with Gasteiger partial charge in [-0.15, -0.1) is 6.92 Å². The molecule has 6 heavy (non-hydrogen) atoms. The Labute approximate surface area is 62.1 Å². The summed E-state index contributed by atoms with van der Waals surface area (Å²) >= 11 is 0. The molecule has 0 aromatic rings. The number of rotatable bonds is 1. The van der Waals surface area contributed by atoms with Gasteiger partial charge in [-0.3, -0.25) is 0 Å². The Balaban J connectivity index is 0. The Morgan fingerprint density at radius 1 is 1.67 bits per heavy atom. The van der Waals surface area contributed by atoms with Crippen LogP contribution in [-0.2, 0) is 37.4 Å². The summed E-state index contributed by atoms with van der Waals surface area (Å²) in [5, 5.41) is 0. The number of hydrogen-bond acceptors (Lipinski definition) is 1. The van der Waals surface area contributed by atoms with Gasteiger partial charge in [0.2, 0.25) is 0 Å². The molecule has 0 unspecified atom stereocenters. The number of halogens is 1. The Bertz CT molecular complexity index is 24.8. The zero-order valence-electron chi connectivity index (χ0n) is 3.86. The van der Waals surface area contributed by atoms with Crippen LogP contribution in [0.5, 0.6) is 0 Å². The van der Waals surface area contributed by atoms with Crippen LogP contribution in [0.25, 0.3) is 0 Å². The van der Waals surface area contributed by atoms with Crippen molar-refractivity contribution in [3.8, 4) is 0 Å². The van der Waals surface area contributed by atoms with Crippen molar-refractivity contribution in [1.82, 2.24) is 0 Å². The van der Waals surface area contributed by atoms with E-state index >= 15 is 0 Å². The third kappa shape index (κ3) is 8.89. The van der Waals surface area contributed by atoms with Crippen LogP contribution in [-0.4, -0.2) is 7.11 Å². The van der Waals surface area contributed by atoms with E-state index in [0.717, 1.165) is 0 Å². The molecule has 0 N–H and O–H groups in total. The minimum atomic E-state index is -0.495. The average molecular weight is 166 g/mol. The van der Waals surface area contributed by atoms with Crippen molar-refractivity contribution in [3.63, 3.8) is 0 Å². The molecule has 3 heteroatoms. The molecule has 0 spiro atoms. The van der Waals surface area contributed by atoms with Gasteiger partial charge in [-0.2, -0.15) is 0 Å². The summed E-state index contributed by atoms with van der Waals surface area (Å²) in [5.41, 5.74) is 0. The molecule has 0 aliphatic rings. The number of hydrogen-bond donors (Lipinski definition) is 0. The van der Waals surface area contributed by atoms with E-state index in [1.54, 1.807) is 0 Å². The first kappa shape index (κ1) is 10.1. The van der Waals surface area contributed by atoms with Gasteiger partial charge in [0.15, 0.2) is 0 Å². The molecule has 32 valence electrons. The molecule has 0 rings (SSSR count). The van der Waals surface area contributed by atoms with Crippen LogP contribution in [0.3, 0.4) is 0 Å². The SMILES string of the molecule is CO[C-](C)F.[Y+3]. The Morgan fingerprint density at radius 2 is 1.83 bits per heavy atom. The van der Waals surface area contributed by atoms with E-state index in [4.69, 9.17) is 0 Å². The minimum absolute atomic E-state index is 0. The summed E-state index contributed by atoms with van der Waals surface area (Å²) in [6, 6.07) is 0. The van der Waals surface area contributed by atoms with Gasteiger partial charge in [-0.05, 0) is 6.36 Å². The monoisotopic (exact) mass is 166 g/mol. The molecule has 1 nitrogen and oxygen atoms in total. The maximum atomic E-state index is 11.1. The fraction of sp³-hybridized carbons (Fsp3) is 0.667. The molecule has 0 aromatic carbocycles. The third-order valence-electron chi connectivity index (χ3n) is 0.281. The molecular formula is C3H6FOY+2. The van der Waals surface area contributed by atoms with Crippen molar-refractivity contribution in [3.05, 3.63) is 6.36 Å². The van der Waals surface area contributed by atoms with Crippen LogP contribution in [0.4, 0.5) is 4.39 Å². The molecule has 0 aliphatic heterocycles. The molecular weight excluding hydrogens is 160 g/mol. The van der Waals surface area contributed by atoms with E-state index in [9.17, 15) is 4.39 Å². The minimum Gasteiger partial charge on any atom is -0.519 e. The predicted molar refractivity (Wildman–Crippen MR) is 17.0 cm³/mol. The maximum absolute atomic E-state index is 11.1. The van der Waals surface area contributed by atoms with Gasteiger partial charge in [0.1, 0.15) is 0 Å². The first-order chi connectivity index (χ1) is 2.27. The smallest absolute Gasteiger partial charge is 0.519 e. The summed E-state index contributed by atoms with van der Waals surface area (Å²) in [6.07, 6.45) is -0.495. The fourth-order valence-electron chi connectivity index (χ4n) is 0. The topological polar surface area (TPSA) is 9.23 Å². The van der Waals surface area contributed by atoms with Crippen molar-refractivity contribution in [2.75, 3.05) is 7.11 Å². The van der Waals surface area contributed by atoms with Crippen LogP contribution < -0.4 is 0 Å². The van der Waals surface area contributed by atoms with Crippen LogP contribution in [0.2, 0.25) is 0 Å². The molecule has 0 aromatic heterocycles. The second-order valence-electron chi connectivity index (χ2n) is 0.674. The molecule has 0 heterocycles. The number of ether oxygens (including phenoxy) is 1. The first-order valence-corrected chi connectivity index (χ1v) is 1.30. The molecule has 0 fully saturated rings. The molecule has 0 amide bonds. The fourth-order valence-corrected chi connectivity index (χ4v) is 0. The van der Waals surface area contributed by atoms with Gasteiger partial charge in [-0.1, -0.05) is 0 Å². The second-order valence-corrected chi connectivity index (χ2v) is 0.674. The van der Waals surface area contributed by atoms with E-state index in [0.29, 0.717) is 0 Å². The first-order valence-electron chi connectivity index (χ1n) is 1.30. The normalized spacial score (nSPS) is 8.00. The van der Waals surface area contributed by atoms with Crippen molar-refractivity contribution >= 4 is 0 Å². The van der Waals surface area contributed by atoms with Crippen molar-refractivity contribution in [1.29, 1.82) is 0 Å².